The molecule has 0 radical (unpaired) electrons. The molecule has 0 aliphatic heterocycles. The standard InChI is InChI=1S/C18H21BrO/c19-13-12-17-10-4-5-11-18(17)15-20-14-6-9-16-7-2-1-3-8-16/h1-5,7-8,10-11H,6,9,12-15H2. The Kier molecular flexibility index (Phi) is 6.82. The lowest BCUT2D eigenvalue weighted by Crippen LogP contribution is -2.01. The van der Waals surface area contributed by atoms with Gasteiger partial charge in [-0.05, 0) is 36.0 Å². The van der Waals surface area contributed by atoms with E-state index in [2.05, 4.69) is 70.5 Å². The van der Waals surface area contributed by atoms with Crippen molar-refractivity contribution in [2.75, 3.05) is 11.9 Å². The number of hydrogen-bond donors (Lipinski definition) is 0. The van der Waals surface area contributed by atoms with Crippen molar-refractivity contribution in [3.05, 3.63) is 71.3 Å². The highest BCUT2D eigenvalue weighted by atomic mass is 79.9. The smallest absolute Gasteiger partial charge is 0.0719 e. The lowest BCUT2D eigenvalue weighted by Gasteiger charge is -2.09. The molecule has 0 aliphatic carbocycles. The van der Waals surface area contributed by atoms with Gasteiger partial charge in [0.25, 0.3) is 0 Å². The van der Waals surface area contributed by atoms with Crippen molar-refractivity contribution >= 4 is 15.9 Å². The molecule has 0 aromatic heterocycles. The molecule has 2 heteroatoms. The maximum Gasteiger partial charge on any atom is 0.0719 e. The van der Waals surface area contributed by atoms with E-state index in [1.165, 1.54) is 16.7 Å². The SMILES string of the molecule is BrCCc1ccccc1COCCCc1ccccc1. The van der Waals surface area contributed by atoms with E-state index >= 15 is 0 Å². The first kappa shape index (κ1) is 15.3. The molecular weight excluding hydrogens is 312 g/mol. The highest BCUT2D eigenvalue weighted by Crippen LogP contribution is 2.12. The minimum atomic E-state index is 0.720. The van der Waals surface area contributed by atoms with Crippen LogP contribution in [0.5, 0.6) is 0 Å². The molecular formula is C18H21BrO. The van der Waals surface area contributed by atoms with Gasteiger partial charge in [0.1, 0.15) is 0 Å². The Balaban J connectivity index is 1.71. The fourth-order valence-corrected chi connectivity index (χ4v) is 2.68. The normalized spacial score (nSPS) is 10.7. The predicted octanol–water partition coefficient (Wildman–Crippen LogP) is 4.77. The summed E-state index contributed by atoms with van der Waals surface area (Å²) in [6.45, 7) is 1.54. The maximum absolute atomic E-state index is 5.81. The van der Waals surface area contributed by atoms with Gasteiger partial charge in [-0.1, -0.05) is 70.5 Å². The first-order chi connectivity index (χ1) is 9.90. The summed E-state index contributed by atoms with van der Waals surface area (Å²) in [6, 6.07) is 19.1. The second-order valence-corrected chi connectivity index (χ2v) is 5.64. The zero-order valence-corrected chi connectivity index (χ0v) is 13.3. The maximum atomic E-state index is 5.81. The van der Waals surface area contributed by atoms with Crippen LogP contribution in [0.15, 0.2) is 54.6 Å². The predicted molar refractivity (Wildman–Crippen MR) is 88.4 cm³/mol. The molecule has 0 heterocycles. The molecule has 2 aromatic rings. The second-order valence-electron chi connectivity index (χ2n) is 4.85. The number of benzene rings is 2. The van der Waals surface area contributed by atoms with Crippen LogP contribution in [-0.2, 0) is 24.2 Å². The summed E-state index contributed by atoms with van der Waals surface area (Å²) >= 11 is 3.50. The summed E-state index contributed by atoms with van der Waals surface area (Å²) in [6.07, 6.45) is 3.22. The topological polar surface area (TPSA) is 9.23 Å². The highest BCUT2D eigenvalue weighted by molar-refractivity contribution is 9.09. The average molecular weight is 333 g/mol. The molecule has 0 saturated carbocycles. The van der Waals surface area contributed by atoms with E-state index in [9.17, 15) is 0 Å². The van der Waals surface area contributed by atoms with E-state index in [4.69, 9.17) is 4.74 Å². The van der Waals surface area contributed by atoms with E-state index < -0.39 is 0 Å². The summed E-state index contributed by atoms with van der Waals surface area (Å²) in [5, 5.41) is 0.998. The number of hydrogen-bond acceptors (Lipinski definition) is 1. The van der Waals surface area contributed by atoms with Gasteiger partial charge in [-0.3, -0.25) is 0 Å². The van der Waals surface area contributed by atoms with Crippen molar-refractivity contribution < 1.29 is 4.74 Å². The molecule has 106 valence electrons. The third-order valence-electron chi connectivity index (χ3n) is 3.34. The highest BCUT2D eigenvalue weighted by Gasteiger charge is 2.01. The van der Waals surface area contributed by atoms with Gasteiger partial charge in [-0.25, -0.2) is 0 Å². The van der Waals surface area contributed by atoms with Crippen molar-refractivity contribution in [3.63, 3.8) is 0 Å². The second kappa shape index (κ2) is 8.93. The molecule has 2 aromatic carbocycles. The van der Waals surface area contributed by atoms with Crippen molar-refractivity contribution in [3.8, 4) is 0 Å². The zero-order valence-electron chi connectivity index (χ0n) is 11.7. The Bertz CT molecular complexity index is 496. The zero-order chi connectivity index (χ0) is 14.0. The van der Waals surface area contributed by atoms with E-state index in [-0.39, 0.29) is 0 Å². The summed E-state index contributed by atoms with van der Waals surface area (Å²) in [4.78, 5) is 0. The third kappa shape index (κ3) is 5.10. The van der Waals surface area contributed by atoms with Gasteiger partial charge in [0.05, 0.1) is 6.61 Å². The molecule has 0 N–H and O–H groups in total. The van der Waals surface area contributed by atoms with Crippen LogP contribution in [0, 0.1) is 0 Å². The molecule has 0 saturated heterocycles. The van der Waals surface area contributed by atoms with Crippen molar-refractivity contribution in [1.29, 1.82) is 0 Å². The molecule has 0 unspecified atom stereocenters. The van der Waals surface area contributed by atoms with Crippen molar-refractivity contribution in [2.45, 2.75) is 25.9 Å². The minimum Gasteiger partial charge on any atom is -0.377 e. The van der Waals surface area contributed by atoms with E-state index in [1.54, 1.807) is 0 Å². The molecule has 0 aliphatic rings. The Labute approximate surface area is 130 Å². The average Bonchev–Trinajstić information content (AvgIpc) is 2.50. The molecule has 2 rings (SSSR count). The van der Waals surface area contributed by atoms with Gasteiger partial charge in [0.15, 0.2) is 0 Å². The van der Waals surface area contributed by atoms with Crippen LogP contribution >= 0.6 is 15.9 Å². The summed E-state index contributed by atoms with van der Waals surface area (Å²) in [5.74, 6) is 0. The minimum absolute atomic E-state index is 0.720. The molecule has 20 heavy (non-hydrogen) atoms. The monoisotopic (exact) mass is 332 g/mol. The van der Waals surface area contributed by atoms with Gasteiger partial charge >= 0.3 is 0 Å². The Morgan fingerprint density at radius 2 is 1.50 bits per heavy atom. The van der Waals surface area contributed by atoms with Gasteiger partial charge < -0.3 is 4.74 Å². The first-order valence-electron chi connectivity index (χ1n) is 7.14. The van der Waals surface area contributed by atoms with Gasteiger partial charge in [0, 0.05) is 11.9 Å². The van der Waals surface area contributed by atoms with Crippen LogP contribution in [0.3, 0.4) is 0 Å². The third-order valence-corrected chi connectivity index (χ3v) is 3.73. The number of rotatable bonds is 8. The lowest BCUT2D eigenvalue weighted by molar-refractivity contribution is 0.118. The van der Waals surface area contributed by atoms with Crippen molar-refractivity contribution in [1.82, 2.24) is 0 Å². The van der Waals surface area contributed by atoms with E-state index in [0.717, 1.165) is 37.8 Å². The summed E-state index contributed by atoms with van der Waals surface area (Å²) < 4.78 is 5.81. The molecule has 0 amide bonds. The lowest BCUT2D eigenvalue weighted by atomic mass is 10.1. The number of alkyl halides is 1. The van der Waals surface area contributed by atoms with Crippen LogP contribution in [-0.4, -0.2) is 11.9 Å². The molecule has 1 nitrogen and oxygen atoms in total. The summed E-state index contributed by atoms with van der Waals surface area (Å²) in [7, 11) is 0. The van der Waals surface area contributed by atoms with Gasteiger partial charge in [-0.2, -0.15) is 0 Å². The van der Waals surface area contributed by atoms with Crippen LogP contribution in [0.4, 0.5) is 0 Å². The quantitative estimate of drug-likeness (QED) is 0.499. The largest absolute Gasteiger partial charge is 0.377 e. The summed E-state index contributed by atoms with van der Waals surface area (Å²) in [5.41, 5.74) is 4.08. The van der Waals surface area contributed by atoms with Crippen LogP contribution in [0.25, 0.3) is 0 Å². The number of aryl methyl sites for hydroxylation is 2. The number of ether oxygens (including phenoxy) is 1. The van der Waals surface area contributed by atoms with Gasteiger partial charge in [-0.15, -0.1) is 0 Å². The molecule has 0 bridgehead atoms. The van der Waals surface area contributed by atoms with E-state index in [0.29, 0.717) is 0 Å². The van der Waals surface area contributed by atoms with Crippen LogP contribution in [0.1, 0.15) is 23.1 Å². The Hall–Kier alpha value is -1.12. The van der Waals surface area contributed by atoms with Crippen LogP contribution < -0.4 is 0 Å². The Morgan fingerprint density at radius 3 is 2.25 bits per heavy atom. The van der Waals surface area contributed by atoms with Gasteiger partial charge in [0.2, 0.25) is 0 Å². The first-order valence-corrected chi connectivity index (χ1v) is 8.26. The fourth-order valence-electron chi connectivity index (χ4n) is 2.25. The Morgan fingerprint density at radius 1 is 0.800 bits per heavy atom. The molecule has 0 fully saturated rings. The number of halogens is 1. The van der Waals surface area contributed by atoms with Crippen molar-refractivity contribution in [2.24, 2.45) is 0 Å². The molecule has 0 spiro atoms. The van der Waals surface area contributed by atoms with Crippen LogP contribution in [0.2, 0.25) is 0 Å². The molecule has 0 atom stereocenters. The van der Waals surface area contributed by atoms with E-state index in [1.807, 2.05) is 0 Å². The fraction of sp³-hybridized carbons (Fsp3) is 0.333.